The number of nitrogens with zero attached hydrogens (tertiary/aromatic N) is 3. The van der Waals surface area contributed by atoms with Gasteiger partial charge in [0.05, 0.1) is 11.9 Å². The summed E-state index contributed by atoms with van der Waals surface area (Å²) in [6.07, 6.45) is 4.50. The van der Waals surface area contributed by atoms with Gasteiger partial charge in [0.2, 0.25) is 0 Å². The smallest absolute Gasteiger partial charge is 0.180 e. The first-order valence-corrected chi connectivity index (χ1v) is 6.84. The number of nitrogens with one attached hydrogen (secondary N) is 1. The normalized spacial score (nSPS) is 16.9. The molecule has 5 nitrogen and oxygen atoms in total. The van der Waals surface area contributed by atoms with Crippen LogP contribution < -0.4 is 5.73 Å². The Morgan fingerprint density at radius 1 is 1.37 bits per heavy atom. The molecule has 1 atom stereocenters. The van der Waals surface area contributed by atoms with Crippen molar-refractivity contribution in [2.75, 3.05) is 5.73 Å². The van der Waals surface area contributed by atoms with Crippen molar-refractivity contribution >= 4 is 16.5 Å². The van der Waals surface area contributed by atoms with Crippen molar-refractivity contribution in [2.45, 2.75) is 12.3 Å². The molecule has 0 aromatic carbocycles. The van der Waals surface area contributed by atoms with E-state index < -0.39 is 0 Å². The molecular formula is C13H11N5S. The molecule has 0 amide bonds. The lowest BCUT2D eigenvalue weighted by molar-refractivity contribution is 0.753. The van der Waals surface area contributed by atoms with Crippen LogP contribution in [0, 0.1) is 0 Å². The Bertz CT molecular complexity index is 731. The van der Waals surface area contributed by atoms with Crippen molar-refractivity contribution in [1.29, 1.82) is 0 Å². The number of hydrogen-bond acceptors (Lipinski definition) is 5. The molecule has 1 unspecified atom stereocenters. The molecule has 3 aromatic rings. The molecule has 0 radical (unpaired) electrons. The molecule has 0 bridgehead atoms. The van der Waals surface area contributed by atoms with Gasteiger partial charge in [0.1, 0.15) is 0 Å². The summed E-state index contributed by atoms with van der Waals surface area (Å²) in [4.78, 5) is 10.1. The SMILES string of the molecule is Nc1nc2c(s1)C(c1ccccn1)Cc1[nH]ncc1-2. The van der Waals surface area contributed by atoms with E-state index in [0.29, 0.717) is 5.13 Å². The van der Waals surface area contributed by atoms with Crippen LogP contribution in [0.4, 0.5) is 5.13 Å². The molecule has 1 aliphatic carbocycles. The Labute approximate surface area is 113 Å². The highest BCUT2D eigenvalue weighted by Gasteiger charge is 2.31. The van der Waals surface area contributed by atoms with Crippen molar-refractivity contribution < 1.29 is 0 Å². The van der Waals surface area contributed by atoms with Crippen LogP contribution >= 0.6 is 11.3 Å². The molecule has 0 saturated carbocycles. The predicted octanol–water partition coefficient (Wildman–Crippen LogP) is 2.20. The van der Waals surface area contributed by atoms with Gasteiger partial charge in [0.15, 0.2) is 5.13 Å². The zero-order chi connectivity index (χ0) is 12.8. The number of hydrogen-bond donors (Lipinski definition) is 2. The maximum atomic E-state index is 5.88. The van der Waals surface area contributed by atoms with Gasteiger partial charge in [0, 0.05) is 40.4 Å². The second kappa shape index (κ2) is 3.89. The number of fused-ring (bicyclic) bond motifs is 3. The summed E-state index contributed by atoms with van der Waals surface area (Å²) < 4.78 is 0. The fourth-order valence-electron chi connectivity index (χ4n) is 2.57. The van der Waals surface area contributed by atoms with Gasteiger partial charge < -0.3 is 5.73 Å². The molecule has 0 saturated heterocycles. The number of thiazole rings is 1. The Balaban J connectivity index is 1.92. The standard InChI is InChI=1S/C13H11N5S/c14-13-17-11-8-6-16-18-10(8)5-7(12(11)19-13)9-3-1-2-4-15-9/h1-4,6-7H,5H2,(H2,14,17)(H,16,18). The summed E-state index contributed by atoms with van der Waals surface area (Å²) >= 11 is 1.55. The highest BCUT2D eigenvalue weighted by Crippen LogP contribution is 2.44. The Kier molecular flexibility index (Phi) is 2.19. The van der Waals surface area contributed by atoms with Crippen LogP contribution in [0.15, 0.2) is 30.6 Å². The maximum Gasteiger partial charge on any atom is 0.180 e. The van der Waals surface area contributed by atoms with E-state index in [0.717, 1.165) is 29.1 Å². The summed E-state index contributed by atoms with van der Waals surface area (Å²) in [7, 11) is 0. The zero-order valence-corrected chi connectivity index (χ0v) is 10.8. The molecule has 4 rings (SSSR count). The Morgan fingerprint density at radius 3 is 3.16 bits per heavy atom. The van der Waals surface area contributed by atoms with Gasteiger partial charge in [-0.15, -0.1) is 11.3 Å². The topological polar surface area (TPSA) is 80.5 Å². The minimum Gasteiger partial charge on any atom is -0.375 e. The largest absolute Gasteiger partial charge is 0.375 e. The van der Waals surface area contributed by atoms with Crippen molar-refractivity contribution in [2.24, 2.45) is 0 Å². The third-order valence-corrected chi connectivity index (χ3v) is 4.41. The molecule has 3 N–H and O–H groups in total. The highest BCUT2D eigenvalue weighted by molar-refractivity contribution is 7.16. The summed E-state index contributed by atoms with van der Waals surface area (Å²) in [6.45, 7) is 0. The van der Waals surface area contributed by atoms with Crippen LogP contribution in [0.5, 0.6) is 0 Å². The van der Waals surface area contributed by atoms with Crippen LogP contribution in [0.2, 0.25) is 0 Å². The molecular weight excluding hydrogens is 258 g/mol. The van der Waals surface area contributed by atoms with Crippen LogP contribution in [0.1, 0.15) is 22.2 Å². The summed E-state index contributed by atoms with van der Waals surface area (Å²) in [5, 5.41) is 7.77. The first-order chi connectivity index (χ1) is 9.33. The monoisotopic (exact) mass is 269 g/mol. The third kappa shape index (κ3) is 1.57. The minimum atomic E-state index is 0.207. The quantitative estimate of drug-likeness (QED) is 0.709. The number of rotatable bonds is 1. The number of aromatic amines is 1. The summed E-state index contributed by atoms with van der Waals surface area (Å²) in [6, 6.07) is 5.98. The maximum absolute atomic E-state index is 5.88. The second-order valence-corrected chi connectivity index (χ2v) is 5.60. The molecule has 19 heavy (non-hydrogen) atoms. The molecule has 0 aliphatic heterocycles. The van der Waals surface area contributed by atoms with Crippen LogP contribution in [-0.4, -0.2) is 20.2 Å². The molecule has 6 heteroatoms. The zero-order valence-electron chi connectivity index (χ0n) is 10.00. The van der Waals surface area contributed by atoms with Gasteiger partial charge in [-0.05, 0) is 12.1 Å². The van der Waals surface area contributed by atoms with Crippen molar-refractivity contribution in [3.63, 3.8) is 0 Å². The molecule has 3 heterocycles. The first-order valence-electron chi connectivity index (χ1n) is 6.02. The number of nitrogen functional groups attached to an aromatic ring is 1. The first kappa shape index (κ1) is 10.7. The van der Waals surface area contributed by atoms with Crippen molar-refractivity contribution in [3.8, 4) is 11.3 Å². The molecule has 0 spiro atoms. The van der Waals surface area contributed by atoms with E-state index in [4.69, 9.17) is 5.73 Å². The van der Waals surface area contributed by atoms with Gasteiger partial charge >= 0.3 is 0 Å². The average molecular weight is 269 g/mol. The number of aromatic nitrogens is 4. The van der Waals surface area contributed by atoms with Gasteiger partial charge in [-0.25, -0.2) is 4.98 Å². The number of H-pyrrole nitrogens is 1. The van der Waals surface area contributed by atoms with Gasteiger partial charge in [0.25, 0.3) is 0 Å². The fourth-order valence-corrected chi connectivity index (χ4v) is 3.53. The number of nitrogens with two attached hydrogens (primary N) is 1. The predicted molar refractivity (Wildman–Crippen MR) is 73.9 cm³/mol. The Hall–Kier alpha value is -2.21. The van der Waals surface area contributed by atoms with Crippen molar-refractivity contribution in [1.82, 2.24) is 20.2 Å². The van der Waals surface area contributed by atoms with E-state index in [1.54, 1.807) is 11.3 Å². The summed E-state index contributed by atoms with van der Waals surface area (Å²) in [5.41, 5.74) is 10.1. The van der Waals surface area contributed by atoms with Crippen LogP contribution in [0.25, 0.3) is 11.3 Å². The van der Waals surface area contributed by atoms with Crippen LogP contribution in [0.3, 0.4) is 0 Å². The lowest BCUT2D eigenvalue weighted by Crippen LogP contribution is -2.11. The van der Waals surface area contributed by atoms with E-state index in [9.17, 15) is 0 Å². The molecule has 3 aromatic heterocycles. The summed E-state index contributed by atoms with van der Waals surface area (Å²) in [5.74, 6) is 0.207. The number of pyridine rings is 1. The van der Waals surface area contributed by atoms with Gasteiger partial charge in [-0.1, -0.05) is 6.07 Å². The lowest BCUT2D eigenvalue weighted by Gasteiger charge is -2.20. The number of anilines is 1. The van der Waals surface area contributed by atoms with Gasteiger partial charge in [-0.3, -0.25) is 10.1 Å². The lowest BCUT2D eigenvalue weighted by atomic mass is 9.88. The van der Waals surface area contributed by atoms with E-state index in [1.807, 2.05) is 30.6 Å². The van der Waals surface area contributed by atoms with Crippen LogP contribution in [-0.2, 0) is 6.42 Å². The van der Waals surface area contributed by atoms with E-state index in [1.165, 1.54) is 4.88 Å². The molecule has 1 aliphatic rings. The molecule has 94 valence electrons. The van der Waals surface area contributed by atoms with Gasteiger partial charge in [-0.2, -0.15) is 5.10 Å². The highest BCUT2D eigenvalue weighted by atomic mass is 32.1. The fraction of sp³-hybridized carbons (Fsp3) is 0.154. The minimum absolute atomic E-state index is 0.207. The van der Waals surface area contributed by atoms with E-state index in [-0.39, 0.29) is 5.92 Å². The second-order valence-electron chi connectivity index (χ2n) is 4.54. The average Bonchev–Trinajstić information content (AvgIpc) is 3.03. The molecule has 0 fully saturated rings. The Morgan fingerprint density at radius 2 is 2.32 bits per heavy atom. The van der Waals surface area contributed by atoms with E-state index >= 15 is 0 Å². The van der Waals surface area contributed by atoms with E-state index in [2.05, 4.69) is 20.2 Å². The third-order valence-electron chi connectivity index (χ3n) is 3.41. The van der Waals surface area contributed by atoms with Crippen molar-refractivity contribution in [3.05, 3.63) is 46.9 Å².